The van der Waals surface area contributed by atoms with Gasteiger partial charge in [0.1, 0.15) is 0 Å². The average molecular weight is 262 g/mol. The van der Waals surface area contributed by atoms with Gasteiger partial charge in [-0.05, 0) is 43.4 Å². The maximum atomic E-state index is 11.7. The Balaban J connectivity index is 2.48. The highest BCUT2D eigenvalue weighted by molar-refractivity contribution is 5.76. The second kappa shape index (κ2) is 7.95. The van der Waals surface area contributed by atoms with Crippen LogP contribution in [0.4, 0.5) is 0 Å². The van der Waals surface area contributed by atoms with Gasteiger partial charge in [-0.3, -0.25) is 4.79 Å². The minimum absolute atomic E-state index is 0.0617. The fourth-order valence-electron chi connectivity index (χ4n) is 2.00. The molecule has 3 nitrogen and oxygen atoms in total. The molecule has 106 valence electrons. The van der Waals surface area contributed by atoms with Crippen LogP contribution in [-0.2, 0) is 4.79 Å². The highest BCUT2D eigenvalue weighted by Gasteiger charge is 2.09. The maximum Gasteiger partial charge on any atom is 0.220 e. The van der Waals surface area contributed by atoms with Gasteiger partial charge in [-0.15, -0.1) is 0 Å². The average Bonchev–Trinajstić information content (AvgIpc) is 2.39. The standard InChI is InChI=1S/C16H26N2O/c1-12(2)14-7-9-15(10-8-14)13(3)18-16(19)6-4-5-11-17/h7-10,12-13H,4-6,11,17H2,1-3H3,(H,18,19). The predicted molar refractivity (Wildman–Crippen MR) is 80.0 cm³/mol. The SMILES string of the molecule is CC(C)c1ccc(C(C)NC(=O)CCCCN)cc1. The Labute approximate surface area is 116 Å². The summed E-state index contributed by atoms with van der Waals surface area (Å²) in [7, 11) is 0. The first kappa shape index (κ1) is 15.7. The first-order chi connectivity index (χ1) is 9.04. The fourth-order valence-corrected chi connectivity index (χ4v) is 2.00. The van der Waals surface area contributed by atoms with Crippen molar-refractivity contribution in [2.24, 2.45) is 5.73 Å². The normalized spacial score (nSPS) is 12.5. The van der Waals surface area contributed by atoms with Crippen LogP contribution < -0.4 is 11.1 Å². The van der Waals surface area contributed by atoms with E-state index in [1.165, 1.54) is 5.56 Å². The molecule has 0 bridgehead atoms. The third-order valence-electron chi connectivity index (χ3n) is 3.34. The molecule has 0 saturated carbocycles. The predicted octanol–water partition coefficient (Wildman–Crippen LogP) is 3.12. The van der Waals surface area contributed by atoms with Crippen LogP contribution in [0.15, 0.2) is 24.3 Å². The van der Waals surface area contributed by atoms with Gasteiger partial charge in [-0.2, -0.15) is 0 Å². The zero-order valence-electron chi connectivity index (χ0n) is 12.3. The number of hydrogen-bond donors (Lipinski definition) is 2. The number of nitrogens with two attached hydrogens (primary N) is 1. The lowest BCUT2D eigenvalue weighted by Gasteiger charge is -2.15. The summed E-state index contributed by atoms with van der Waals surface area (Å²) in [6.07, 6.45) is 2.33. The molecule has 0 saturated heterocycles. The molecule has 3 N–H and O–H groups in total. The van der Waals surface area contributed by atoms with E-state index in [9.17, 15) is 4.79 Å². The first-order valence-corrected chi connectivity index (χ1v) is 7.14. The summed E-state index contributed by atoms with van der Waals surface area (Å²) in [5.74, 6) is 0.643. The maximum absolute atomic E-state index is 11.7. The largest absolute Gasteiger partial charge is 0.350 e. The Bertz CT molecular complexity index is 384. The van der Waals surface area contributed by atoms with Crippen molar-refractivity contribution < 1.29 is 4.79 Å². The second-order valence-electron chi connectivity index (χ2n) is 5.36. The van der Waals surface area contributed by atoms with Gasteiger partial charge in [-0.1, -0.05) is 38.1 Å². The van der Waals surface area contributed by atoms with E-state index >= 15 is 0 Å². The van der Waals surface area contributed by atoms with E-state index in [2.05, 4.69) is 43.4 Å². The van der Waals surface area contributed by atoms with Crippen molar-refractivity contribution in [1.82, 2.24) is 5.32 Å². The van der Waals surface area contributed by atoms with Crippen molar-refractivity contribution in [3.63, 3.8) is 0 Å². The first-order valence-electron chi connectivity index (χ1n) is 7.14. The van der Waals surface area contributed by atoms with Crippen LogP contribution in [0, 0.1) is 0 Å². The molecule has 1 aromatic carbocycles. The fraction of sp³-hybridized carbons (Fsp3) is 0.562. The minimum Gasteiger partial charge on any atom is -0.350 e. The van der Waals surface area contributed by atoms with Crippen LogP contribution in [0.2, 0.25) is 0 Å². The Morgan fingerprint density at radius 2 is 1.68 bits per heavy atom. The monoisotopic (exact) mass is 262 g/mol. The zero-order valence-corrected chi connectivity index (χ0v) is 12.3. The van der Waals surface area contributed by atoms with Crippen molar-refractivity contribution in [2.45, 2.75) is 52.0 Å². The number of rotatable bonds is 7. The Hall–Kier alpha value is -1.35. The van der Waals surface area contributed by atoms with E-state index < -0.39 is 0 Å². The van der Waals surface area contributed by atoms with Gasteiger partial charge in [0.2, 0.25) is 5.91 Å². The highest BCUT2D eigenvalue weighted by atomic mass is 16.1. The van der Waals surface area contributed by atoms with Gasteiger partial charge in [0.05, 0.1) is 6.04 Å². The number of hydrogen-bond acceptors (Lipinski definition) is 2. The van der Waals surface area contributed by atoms with Crippen LogP contribution in [0.3, 0.4) is 0 Å². The number of unbranched alkanes of at least 4 members (excludes halogenated alkanes) is 1. The summed E-state index contributed by atoms with van der Waals surface area (Å²) >= 11 is 0. The molecule has 0 spiro atoms. The summed E-state index contributed by atoms with van der Waals surface area (Å²) in [5, 5.41) is 3.02. The quantitative estimate of drug-likeness (QED) is 0.742. The molecule has 0 heterocycles. The molecular weight excluding hydrogens is 236 g/mol. The summed E-state index contributed by atoms with van der Waals surface area (Å²) in [5.41, 5.74) is 7.89. The Morgan fingerprint density at radius 3 is 2.21 bits per heavy atom. The number of benzene rings is 1. The second-order valence-corrected chi connectivity index (χ2v) is 5.36. The van der Waals surface area contributed by atoms with Gasteiger partial charge in [0.15, 0.2) is 0 Å². The smallest absolute Gasteiger partial charge is 0.220 e. The lowest BCUT2D eigenvalue weighted by atomic mass is 9.99. The Kier molecular flexibility index (Phi) is 6.57. The van der Waals surface area contributed by atoms with Crippen LogP contribution >= 0.6 is 0 Å². The summed E-state index contributed by atoms with van der Waals surface area (Å²) < 4.78 is 0. The third kappa shape index (κ3) is 5.43. The van der Waals surface area contributed by atoms with Crippen LogP contribution in [-0.4, -0.2) is 12.5 Å². The van der Waals surface area contributed by atoms with Crippen molar-refractivity contribution in [2.75, 3.05) is 6.54 Å². The summed E-state index contributed by atoms with van der Waals surface area (Å²) in [6, 6.07) is 8.53. The molecule has 0 aliphatic heterocycles. The third-order valence-corrected chi connectivity index (χ3v) is 3.34. The zero-order chi connectivity index (χ0) is 14.3. The summed E-state index contributed by atoms with van der Waals surface area (Å²) in [4.78, 5) is 11.7. The van der Waals surface area contributed by atoms with Crippen LogP contribution in [0.1, 0.15) is 63.1 Å². The molecule has 1 atom stereocenters. The molecule has 0 aliphatic rings. The van der Waals surface area contributed by atoms with E-state index in [0.717, 1.165) is 18.4 Å². The van der Waals surface area contributed by atoms with Gasteiger partial charge in [0.25, 0.3) is 0 Å². The Morgan fingerprint density at radius 1 is 1.11 bits per heavy atom. The van der Waals surface area contributed by atoms with Crippen molar-refractivity contribution >= 4 is 5.91 Å². The lowest BCUT2D eigenvalue weighted by Crippen LogP contribution is -2.26. The van der Waals surface area contributed by atoms with Crippen molar-refractivity contribution in [3.8, 4) is 0 Å². The molecule has 1 unspecified atom stereocenters. The topological polar surface area (TPSA) is 55.1 Å². The molecule has 0 aliphatic carbocycles. The van der Waals surface area contributed by atoms with E-state index in [0.29, 0.717) is 18.9 Å². The number of amides is 1. The van der Waals surface area contributed by atoms with Crippen LogP contribution in [0.25, 0.3) is 0 Å². The molecule has 0 fully saturated rings. The molecule has 1 aromatic rings. The molecule has 1 amide bonds. The van der Waals surface area contributed by atoms with E-state index in [4.69, 9.17) is 5.73 Å². The molecule has 3 heteroatoms. The van der Waals surface area contributed by atoms with E-state index in [1.54, 1.807) is 0 Å². The molecule has 0 aromatic heterocycles. The molecule has 0 radical (unpaired) electrons. The van der Waals surface area contributed by atoms with E-state index in [-0.39, 0.29) is 11.9 Å². The van der Waals surface area contributed by atoms with Crippen molar-refractivity contribution in [1.29, 1.82) is 0 Å². The molecule has 19 heavy (non-hydrogen) atoms. The number of carbonyl (C=O) groups is 1. The van der Waals surface area contributed by atoms with Gasteiger partial charge >= 0.3 is 0 Å². The number of carbonyl (C=O) groups excluding carboxylic acids is 1. The molecular formula is C16H26N2O. The number of nitrogens with one attached hydrogen (secondary N) is 1. The van der Waals surface area contributed by atoms with Gasteiger partial charge in [-0.25, -0.2) is 0 Å². The molecule has 1 rings (SSSR count). The summed E-state index contributed by atoms with van der Waals surface area (Å²) in [6.45, 7) is 7.03. The van der Waals surface area contributed by atoms with Crippen molar-refractivity contribution in [3.05, 3.63) is 35.4 Å². The van der Waals surface area contributed by atoms with Crippen LogP contribution in [0.5, 0.6) is 0 Å². The van der Waals surface area contributed by atoms with Gasteiger partial charge in [0, 0.05) is 6.42 Å². The lowest BCUT2D eigenvalue weighted by molar-refractivity contribution is -0.121. The van der Waals surface area contributed by atoms with Gasteiger partial charge < -0.3 is 11.1 Å². The minimum atomic E-state index is 0.0617. The van der Waals surface area contributed by atoms with E-state index in [1.807, 2.05) is 6.92 Å². The highest BCUT2D eigenvalue weighted by Crippen LogP contribution is 2.18.